The Morgan fingerprint density at radius 2 is 2.17 bits per heavy atom. The SMILES string of the molecule is Cc1cc(C(=O)N2CCO[C@@H]3CCCC[C@@H]32)c2c(=O)[nH]n(C)c2n1. The van der Waals surface area contributed by atoms with Gasteiger partial charge in [-0.15, -0.1) is 0 Å². The van der Waals surface area contributed by atoms with E-state index in [0.29, 0.717) is 29.7 Å². The van der Waals surface area contributed by atoms with E-state index in [0.717, 1.165) is 31.4 Å². The molecule has 0 bridgehead atoms. The third kappa shape index (κ3) is 2.34. The van der Waals surface area contributed by atoms with E-state index in [-0.39, 0.29) is 23.6 Å². The monoisotopic (exact) mass is 330 g/mol. The fourth-order valence-corrected chi connectivity index (χ4v) is 4.06. The number of ether oxygens (including phenoxy) is 1. The van der Waals surface area contributed by atoms with Gasteiger partial charge in [0.25, 0.3) is 11.5 Å². The summed E-state index contributed by atoms with van der Waals surface area (Å²) in [4.78, 5) is 31.9. The molecule has 1 saturated heterocycles. The zero-order valence-electron chi connectivity index (χ0n) is 14.0. The van der Waals surface area contributed by atoms with Crippen molar-refractivity contribution in [1.82, 2.24) is 19.7 Å². The minimum absolute atomic E-state index is 0.0811. The highest BCUT2D eigenvalue weighted by Gasteiger charge is 2.37. The lowest BCUT2D eigenvalue weighted by Crippen LogP contribution is -2.54. The van der Waals surface area contributed by atoms with E-state index in [4.69, 9.17) is 4.74 Å². The van der Waals surface area contributed by atoms with E-state index >= 15 is 0 Å². The minimum atomic E-state index is -0.267. The van der Waals surface area contributed by atoms with Crippen molar-refractivity contribution < 1.29 is 9.53 Å². The highest BCUT2D eigenvalue weighted by Crippen LogP contribution is 2.30. The molecule has 1 saturated carbocycles. The molecule has 2 fully saturated rings. The Kier molecular flexibility index (Phi) is 3.68. The summed E-state index contributed by atoms with van der Waals surface area (Å²) in [5.74, 6) is -0.0811. The molecule has 1 aliphatic heterocycles. The summed E-state index contributed by atoms with van der Waals surface area (Å²) in [6.07, 6.45) is 4.37. The lowest BCUT2D eigenvalue weighted by molar-refractivity contribution is -0.0752. The number of carbonyl (C=O) groups excluding carboxylic acids is 1. The van der Waals surface area contributed by atoms with E-state index in [1.54, 1.807) is 17.8 Å². The normalized spacial score (nSPS) is 24.2. The highest BCUT2D eigenvalue weighted by molar-refractivity contribution is 6.05. The Balaban J connectivity index is 1.79. The number of nitrogens with one attached hydrogen (secondary N) is 1. The molecule has 24 heavy (non-hydrogen) atoms. The first kappa shape index (κ1) is 15.4. The zero-order valence-corrected chi connectivity index (χ0v) is 14.0. The topological polar surface area (TPSA) is 80.2 Å². The molecular formula is C17H22N4O3. The Hall–Kier alpha value is -2.15. The van der Waals surface area contributed by atoms with Gasteiger partial charge in [-0.2, -0.15) is 0 Å². The highest BCUT2D eigenvalue weighted by atomic mass is 16.5. The summed E-state index contributed by atoms with van der Waals surface area (Å²) >= 11 is 0. The Morgan fingerprint density at radius 3 is 3.00 bits per heavy atom. The molecule has 128 valence electrons. The first-order chi connectivity index (χ1) is 11.6. The summed E-state index contributed by atoms with van der Waals surface area (Å²) in [5, 5.41) is 3.08. The second-order valence-corrected chi connectivity index (χ2v) is 6.77. The molecule has 4 rings (SSSR count). The smallest absolute Gasteiger partial charge is 0.274 e. The zero-order chi connectivity index (χ0) is 16.8. The van der Waals surface area contributed by atoms with Crippen molar-refractivity contribution in [2.45, 2.75) is 44.8 Å². The molecule has 7 heteroatoms. The van der Waals surface area contributed by atoms with Crippen LogP contribution in [0.1, 0.15) is 41.7 Å². The lowest BCUT2D eigenvalue weighted by Gasteiger charge is -2.43. The third-order valence-electron chi connectivity index (χ3n) is 5.17. The number of rotatable bonds is 1. The van der Waals surface area contributed by atoms with E-state index in [9.17, 15) is 9.59 Å². The predicted molar refractivity (Wildman–Crippen MR) is 89.1 cm³/mol. The van der Waals surface area contributed by atoms with Gasteiger partial charge in [0.2, 0.25) is 0 Å². The van der Waals surface area contributed by atoms with Gasteiger partial charge in [-0.05, 0) is 25.8 Å². The first-order valence-electron chi connectivity index (χ1n) is 8.55. The Bertz CT molecular complexity index is 851. The van der Waals surface area contributed by atoms with Crippen LogP contribution in [0, 0.1) is 6.92 Å². The Labute approximate surface area is 139 Å². The predicted octanol–water partition coefficient (Wildman–Crippen LogP) is 1.35. The molecule has 2 aromatic rings. The van der Waals surface area contributed by atoms with Gasteiger partial charge in [0.1, 0.15) is 0 Å². The largest absolute Gasteiger partial charge is 0.374 e. The van der Waals surface area contributed by atoms with Crippen molar-refractivity contribution >= 4 is 16.9 Å². The number of aromatic nitrogens is 3. The van der Waals surface area contributed by atoms with E-state index in [1.807, 2.05) is 11.8 Å². The van der Waals surface area contributed by atoms with Gasteiger partial charge >= 0.3 is 0 Å². The Morgan fingerprint density at radius 1 is 1.38 bits per heavy atom. The van der Waals surface area contributed by atoms with Gasteiger partial charge < -0.3 is 9.64 Å². The van der Waals surface area contributed by atoms with Crippen LogP contribution in [0.4, 0.5) is 0 Å². The second kappa shape index (κ2) is 5.73. The van der Waals surface area contributed by atoms with Gasteiger partial charge in [0.15, 0.2) is 5.65 Å². The second-order valence-electron chi connectivity index (χ2n) is 6.77. The van der Waals surface area contributed by atoms with Crippen LogP contribution in [-0.2, 0) is 11.8 Å². The van der Waals surface area contributed by atoms with Crippen LogP contribution in [0.25, 0.3) is 11.0 Å². The summed E-state index contributed by atoms with van der Waals surface area (Å²) in [5.41, 5.74) is 1.44. The van der Waals surface area contributed by atoms with Crippen LogP contribution in [0.2, 0.25) is 0 Å². The number of H-pyrrole nitrogens is 1. The van der Waals surface area contributed by atoms with Crippen molar-refractivity contribution in [2.75, 3.05) is 13.2 Å². The summed E-state index contributed by atoms with van der Waals surface area (Å²) in [6.45, 7) is 2.98. The molecule has 2 aliphatic rings. The molecule has 7 nitrogen and oxygen atoms in total. The van der Waals surface area contributed by atoms with E-state index < -0.39 is 0 Å². The van der Waals surface area contributed by atoms with Crippen LogP contribution in [0.5, 0.6) is 0 Å². The van der Waals surface area contributed by atoms with E-state index in [1.165, 1.54) is 0 Å². The van der Waals surface area contributed by atoms with Gasteiger partial charge in [0.05, 0.1) is 29.7 Å². The molecule has 0 radical (unpaired) electrons. The average Bonchev–Trinajstić information content (AvgIpc) is 2.87. The van der Waals surface area contributed by atoms with Crippen LogP contribution >= 0.6 is 0 Å². The van der Waals surface area contributed by atoms with Crippen molar-refractivity contribution in [3.8, 4) is 0 Å². The molecule has 0 aromatic carbocycles. The van der Waals surface area contributed by atoms with Crippen molar-refractivity contribution in [2.24, 2.45) is 7.05 Å². The number of hydrogen-bond donors (Lipinski definition) is 1. The maximum absolute atomic E-state index is 13.3. The summed E-state index contributed by atoms with van der Waals surface area (Å²) in [6, 6.07) is 1.85. The number of aromatic amines is 1. The molecular weight excluding hydrogens is 308 g/mol. The molecule has 1 N–H and O–H groups in total. The molecule has 3 heterocycles. The van der Waals surface area contributed by atoms with E-state index in [2.05, 4.69) is 10.1 Å². The maximum atomic E-state index is 13.3. The van der Waals surface area contributed by atoms with Crippen LogP contribution in [0.3, 0.4) is 0 Å². The number of amides is 1. The lowest BCUT2D eigenvalue weighted by atomic mass is 9.89. The molecule has 1 aliphatic carbocycles. The number of pyridine rings is 1. The number of hydrogen-bond acceptors (Lipinski definition) is 4. The molecule has 0 unspecified atom stereocenters. The first-order valence-corrected chi connectivity index (χ1v) is 8.55. The van der Waals surface area contributed by atoms with Crippen LogP contribution in [-0.4, -0.2) is 50.9 Å². The fourth-order valence-electron chi connectivity index (χ4n) is 4.06. The number of carbonyl (C=O) groups is 1. The quantitative estimate of drug-likeness (QED) is 0.856. The number of nitrogens with zero attached hydrogens (tertiary/aromatic N) is 3. The van der Waals surface area contributed by atoms with Crippen LogP contribution in [0.15, 0.2) is 10.9 Å². The molecule has 2 atom stereocenters. The number of aryl methyl sites for hydroxylation is 2. The number of fused-ring (bicyclic) bond motifs is 2. The average molecular weight is 330 g/mol. The minimum Gasteiger partial charge on any atom is -0.374 e. The van der Waals surface area contributed by atoms with Crippen LogP contribution < -0.4 is 5.56 Å². The van der Waals surface area contributed by atoms with Gasteiger partial charge in [-0.25, -0.2) is 4.98 Å². The standard InChI is InChI=1S/C17H22N4O3/c1-10-9-11(14-15(18-10)20(2)19-16(14)22)17(23)21-7-8-24-13-6-4-3-5-12(13)21/h9,12-13H,3-8H2,1-2H3,(H,19,22)/t12-,13+/m0/s1. The summed E-state index contributed by atoms with van der Waals surface area (Å²) < 4.78 is 7.43. The van der Waals surface area contributed by atoms with Crippen molar-refractivity contribution in [1.29, 1.82) is 0 Å². The molecule has 0 spiro atoms. The van der Waals surface area contributed by atoms with Gasteiger partial charge in [0, 0.05) is 19.3 Å². The summed E-state index contributed by atoms with van der Waals surface area (Å²) in [7, 11) is 1.73. The van der Waals surface area contributed by atoms with Crippen molar-refractivity contribution in [3.05, 3.63) is 27.7 Å². The molecule has 1 amide bonds. The third-order valence-corrected chi connectivity index (χ3v) is 5.17. The van der Waals surface area contributed by atoms with Gasteiger partial charge in [-0.1, -0.05) is 12.8 Å². The van der Waals surface area contributed by atoms with Gasteiger partial charge in [-0.3, -0.25) is 19.4 Å². The fraction of sp³-hybridized carbons (Fsp3) is 0.588. The van der Waals surface area contributed by atoms with Crippen molar-refractivity contribution in [3.63, 3.8) is 0 Å². The maximum Gasteiger partial charge on any atom is 0.274 e. The number of morpholine rings is 1. The molecule has 2 aromatic heterocycles.